The van der Waals surface area contributed by atoms with Gasteiger partial charge in [0.05, 0.1) is 5.92 Å². The molecule has 0 aliphatic rings. The third-order valence-corrected chi connectivity index (χ3v) is 3.26. The van der Waals surface area contributed by atoms with Crippen LogP contribution in [-0.2, 0) is 4.79 Å². The van der Waals surface area contributed by atoms with E-state index < -0.39 is 18.0 Å². The minimum Gasteiger partial charge on any atom is -0.481 e. The Hall–Kier alpha value is -0.870. The number of aryl methyl sites for hydroxylation is 1. The first-order valence-corrected chi connectivity index (χ1v) is 5.35. The largest absolute Gasteiger partial charge is 0.481 e. The van der Waals surface area contributed by atoms with E-state index >= 15 is 0 Å². The lowest BCUT2D eigenvalue weighted by Crippen LogP contribution is -2.20. The Bertz CT molecular complexity index is 319. The molecule has 1 heterocycles. The van der Waals surface area contributed by atoms with E-state index in [4.69, 9.17) is 5.11 Å². The van der Waals surface area contributed by atoms with Gasteiger partial charge >= 0.3 is 5.97 Å². The molecular weight excluding hydrogens is 200 g/mol. The minimum absolute atomic E-state index is 0.438. The number of aliphatic hydroxyl groups is 1. The van der Waals surface area contributed by atoms with Gasteiger partial charge in [-0.15, -0.1) is 11.3 Å². The van der Waals surface area contributed by atoms with Crippen LogP contribution in [0.15, 0.2) is 12.1 Å². The lowest BCUT2D eigenvalue weighted by Gasteiger charge is -2.15. The van der Waals surface area contributed by atoms with Crippen molar-refractivity contribution in [1.82, 2.24) is 0 Å². The van der Waals surface area contributed by atoms with Gasteiger partial charge in [-0.2, -0.15) is 0 Å². The van der Waals surface area contributed by atoms with Gasteiger partial charge in [0.25, 0.3) is 0 Å². The molecule has 2 unspecified atom stereocenters. The van der Waals surface area contributed by atoms with Gasteiger partial charge in [0.15, 0.2) is 0 Å². The predicted octanol–water partition coefficient (Wildman–Crippen LogP) is 2.20. The van der Waals surface area contributed by atoms with Crippen LogP contribution in [-0.4, -0.2) is 16.2 Å². The number of aliphatic carboxylic acids is 1. The van der Waals surface area contributed by atoms with Crippen LogP contribution >= 0.6 is 11.3 Å². The molecule has 0 radical (unpaired) electrons. The fourth-order valence-electron chi connectivity index (χ4n) is 1.34. The van der Waals surface area contributed by atoms with Crippen LogP contribution in [0.25, 0.3) is 0 Å². The molecule has 0 fully saturated rings. The molecule has 0 saturated heterocycles. The van der Waals surface area contributed by atoms with Gasteiger partial charge in [0.1, 0.15) is 6.10 Å². The number of aliphatic hydroxyl groups excluding tert-OH is 1. The van der Waals surface area contributed by atoms with Crippen molar-refractivity contribution in [3.63, 3.8) is 0 Å². The third kappa shape index (κ3) is 2.33. The Morgan fingerprint density at radius 3 is 2.57 bits per heavy atom. The summed E-state index contributed by atoms with van der Waals surface area (Å²) in [5.41, 5.74) is 0. The summed E-state index contributed by atoms with van der Waals surface area (Å²) in [6.45, 7) is 3.70. The molecule has 0 bridgehead atoms. The Morgan fingerprint density at radius 1 is 1.57 bits per heavy atom. The Kier molecular flexibility index (Phi) is 3.66. The van der Waals surface area contributed by atoms with Crippen molar-refractivity contribution >= 4 is 17.3 Å². The average molecular weight is 214 g/mol. The van der Waals surface area contributed by atoms with Crippen LogP contribution < -0.4 is 0 Å². The van der Waals surface area contributed by atoms with Crippen LogP contribution in [0.1, 0.15) is 29.2 Å². The van der Waals surface area contributed by atoms with Crippen LogP contribution in [0.2, 0.25) is 0 Å². The third-order valence-electron chi connectivity index (χ3n) is 2.19. The first kappa shape index (κ1) is 11.2. The SMILES string of the molecule is CCC(C(=O)O)C(O)c1ccc(C)s1. The lowest BCUT2D eigenvalue weighted by atomic mass is 9.99. The van der Waals surface area contributed by atoms with Gasteiger partial charge in [-0.05, 0) is 25.5 Å². The second-order valence-corrected chi connectivity index (χ2v) is 4.57. The van der Waals surface area contributed by atoms with E-state index in [0.29, 0.717) is 6.42 Å². The van der Waals surface area contributed by atoms with Gasteiger partial charge in [-0.25, -0.2) is 0 Å². The average Bonchev–Trinajstić information content (AvgIpc) is 2.52. The number of hydrogen-bond acceptors (Lipinski definition) is 3. The zero-order valence-electron chi connectivity index (χ0n) is 8.23. The van der Waals surface area contributed by atoms with Crippen LogP contribution in [0, 0.1) is 12.8 Å². The summed E-state index contributed by atoms with van der Waals surface area (Å²) in [6, 6.07) is 3.67. The molecule has 1 rings (SSSR count). The highest BCUT2D eigenvalue weighted by molar-refractivity contribution is 7.12. The quantitative estimate of drug-likeness (QED) is 0.807. The topological polar surface area (TPSA) is 57.5 Å². The molecule has 1 aromatic heterocycles. The highest BCUT2D eigenvalue weighted by Crippen LogP contribution is 2.30. The zero-order chi connectivity index (χ0) is 10.7. The van der Waals surface area contributed by atoms with Crippen LogP contribution in [0.4, 0.5) is 0 Å². The summed E-state index contributed by atoms with van der Waals surface area (Å²) in [5.74, 6) is -1.64. The maximum atomic E-state index is 10.8. The summed E-state index contributed by atoms with van der Waals surface area (Å²) in [6.07, 6.45) is -0.441. The first-order valence-electron chi connectivity index (χ1n) is 4.53. The minimum atomic E-state index is -0.939. The van der Waals surface area contributed by atoms with E-state index in [-0.39, 0.29) is 0 Å². The highest BCUT2D eigenvalue weighted by Gasteiger charge is 2.26. The van der Waals surface area contributed by atoms with E-state index in [1.165, 1.54) is 11.3 Å². The maximum Gasteiger partial charge on any atom is 0.309 e. The van der Waals surface area contributed by atoms with E-state index in [2.05, 4.69) is 0 Å². The van der Waals surface area contributed by atoms with Crippen molar-refractivity contribution < 1.29 is 15.0 Å². The second-order valence-electron chi connectivity index (χ2n) is 3.25. The Labute approximate surface area is 87.0 Å². The van der Waals surface area contributed by atoms with Crippen molar-refractivity contribution in [2.24, 2.45) is 5.92 Å². The number of hydrogen-bond donors (Lipinski definition) is 2. The zero-order valence-corrected chi connectivity index (χ0v) is 9.04. The van der Waals surface area contributed by atoms with E-state index in [1.807, 2.05) is 13.0 Å². The fraction of sp³-hybridized carbons (Fsp3) is 0.500. The van der Waals surface area contributed by atoms with E-state index in [0.717, 1.165) is 9.75 Å². The Balaban J connectivity index is 2.82. The molecule has 0 aromatic carbocycles. The summed E-state index contributed by atoms with van der Waals surface area (Å²) in [5, 5.41) is 18.7. The van der Waals surface area contributed by atoms with E-state index in [1.54, 1.807) is 13.0 Å². The number of rotatable bonds is 4. The smallest absolute Gasteiger partial charge is 0.309 e. The van der Waals surface area contributed by atoms with Crippen molar-refractivity contribution in [3.8, 4) is 0 Å². The van der Waals surface area contributed by atoms with Crippen molar-refractivity contribution in [1.29, 1.82) is 0 Å². The van der Waals surface area contributed by atoms with Gasteiger partial charge in [-0.3, -0.25) is 4.79 Å². The van der Waals surface area contributed by atoms with Gasteiger partial charge in [0, 0.05) is 9.75 Å². The molecule has 1 aromatic rings. The first-order chi connectivity index (χ1) is 6.56. The number of carbonyl (C=O) groups is 1. The predicted molar refractivity (Wildman–Crippen MR) is 55.4 cm³/mol. The normalized spacial score (nSPS) is 15.1. The van der Waals surface area contributed by atoms with Gasteiger partial charge in [-0.1, -0.05) is 6.92 Å². The molecule has 4 heteroatoms. The lowest BCUT2D eigenvalue weighted by molar-refractivity contribution is -0.145. The molecule has 0 aliphatic carbocycles. The van der Waals surface area contributed by atoms with Crippen LogP contribution in [0.3, 0.4) is 0 Å². The maximum absolute atomic E-state index is 10.8. The summed E-state index contributed by atoms with van der Waals surface area (Å²) in [7, 11) is 0. The van der Waals surface area contributed by atoms with Crippen molar-refractivity contribution in [2.75, 3.05) is 0 Å². The molecule has 2 N–H and O–H groups in total. The molecule has 0 amide bonds. The number of carboxylic acids is 1. The van der Waals surface area contributed by atoms with Crippen molar-refractivity contribution in [2.45, 2.75) is 26.4 Å². The molecule has 14 heavy (non-hydrogen) atoms. The number of thiophene rings is 1. The standard InChI is InChI=1S/C10H14O3S/c1-3-7(10(12)13)9(11)8-5-4-6(2)14-8/h4-5,7,9,11H,3H2,1-2H3,(H,12,13). The highest BCUT2D eigenvalue weighted by atomic mass is 32.1. The monoisotopic (exact) mass is 214 g/mol. The molecule has 0 saturated carbocycles. The Morgan fingerprint density at radius 2 is 2.21 bits per heavy atom. The molecule has 0 spiro atoms. The van der Waals surface area contributed by atoms with Crippen molar-refractivity contribution in [3.05, 3.63) is 21.9 Å². The van der Waals surface area contributed by atoms with Crippen LogP contribution in [0.5, 0.6) is 0 Å². The van der Waals surface area contributed by atoms with Gasteiger partial charge < -0.3 is 10.2 Å². The molecular formula is C10H14O3S. The number of carboxylic acid groups (broad SMARTS) is 1. The molecule has 2 atom stereocenters. The molecule has 0 aliphatic heterocycles. The fourth-order valence-corrected chi connectivity index (χ4v) is 2.27. The molecule has 3 nitrogen and oxygen atoms in total. The summed E-state index contributed by atoms with van der Waals surface area (Å²) in [4.78, 5) is 12.6. The summed E-state index contributed by atoms with van der Waals surface area (Å²) >= 11 is 1.44. The summed E-state index contributed by atoms with van der Waals surface area (Å²) < 4.78 is 0. The van der Waals surface area contributed by atoms with E-state index in [9.17, 15) is 9.90 Å². The second kappa shape index (κ2) is 4.57. The molecule has 78 valence electrons. The van der Waals surface area contributed by atoms with Gasteiger partial charge in [0.2, 0.25) is 0 Å².